The van der Waals surface area contributed by atoms with Gasteiger partial charge in [-0.05, 0) is 48.4 Å². The smallest absolute Gasteiger partial charge is 0 e. The largest absolute Gasteiger partial charge is 0.358 e. The Morgan fingerprint density at radius 1 is 0.643 bits per heavy atom. The van der Waals surface area contributed by atoms with Gasteiger partial charge in [0.15, 0.2) is 0 Å². The van der Waals surface area contributed by atoms with Crippen LogP contribution >= 0.6 is 0 Å². The van der Waals surface area contributed by atoms with E-state index in [9.17, 15) is 0 Å². The molecule has 0 amide bonds. The van der Waals surface area contributed by atoms with Gasteiger partial charge >= 0.3 is 0 Å². The minimum atomic E-state index is 0. The fourth-order valence-electron chi connectivity index (χ4n) is 0.312. The zero-order chi connectivity index (χ0) is 9.78. The minimum Gasteiger partial charge on any atom is -0.358 e. The fourth-order valence-corrected chi connectivity index (χ4v) is 0.312. The van der Waals surface area contributed by atoms with E-state index in [-0.39, 0.29) is 18.6 Å². The van der Waals surface area contributed by atoms with Gasteiger partial charge in [-0.2, -0.15) is 0 Å². The molecule has 1 radical (unpaired) electrons. The molecule has 0 nitrogen and oxygen atoms in total. The zero-order valence-corrected chi connectivity index (χ0v) is 8.84. The van der Waals surface area contributed by atoms with Crippen LogP contribution < -0.4 is 0 Å². The molecular formula is C13H3V-. The van der Waals surface area contributed by atoms with Crippen LogP contribution in [0.15, 0.2) is 0 Å². The molecule has 0 heterocycles. The van der Waals surface area contributed by atoms with Crippen molar-refractivity contribution in [3.63, 3.8) is 0 Å². The summed E-state index contributed by atoms with van der Waals surface area (Å²) in [7, 11) is 0. The molecule has 0 saturated heterocycles. The summed E-state index contributed by atoms with van der Waals surface area (Å²) in [6.45, 7) is 1.70. The maximum Gasteiger partial charge on any atom is 0 e. The second kappa shape index (κ2) is 13.5. The molecule has 14 heavy (non-hydrogen) atoms. The molecule has 0 aromatic carbocycles. The molecule has 0 bridgehead atoms. The molecule has 0 spiro atoms. The van der Waals surface area contributed by atoms with Gasteiger partial charge in [0.05, 0.1) is 0 Å². The topological polar surface area (TPSA) is 0 Å². The SMILES string of the molecule is [C-]#CC#CC#CC#CC#CC#CC.[V]. The van der Waals surface area contributed by atoms with Crippen molar-refractivity contribution in [2.75, 3.05) is 0 Å². The fraction of sp³-hybridized carbons (Fsp3) is 0.0769. The third kappa shape index (κ3) is 12.6. The van der Waals surface area contributed by atoms with E-state index in [4.69, 9.17) is 6.42 Å². The van der Waals surface area contributed by atoms with Crippen molar-refractivity contribution in [3.05, 3.63) is 6.42 Å². The molecule has 1 heteroatoms. The molecule has 0 atom stereocenters. The summed E-state index contributed by atoms with van der Waals surface area (Å²) in [4.78, 5) is 0. The Bertz CT molecular complexity index is 503. The van der Waals surface area contributed by atoms with Gasteiger partial charge in [0.25, 0.3) is 0 Å². The Hall–Kier alpha value is -2.06. The average Bonchev–Trinajstić information content (AvgIpc) is 2.16. The zero-order valence-electron chi connectivity index (χ0n) is 7.45. The van der Waals surface area contributed by atoms with Crippen LogP contribution in [0.3, 0.4) is 0 Å². The Labute approximate surface area is 97.1 Å². The van der Waals surface area contributed by atoms with Crippen LogP contribution in [0.4, 0.5) is 0 Å². The normalized spacial score (nSPS) is 3.43. The maximum absolute atomic E-state index is 6.43. The van der Waals surface area contributed by atoms with Crippen LogP contribution in [-0.2, 0) is 18.6 Å². The van der Waals surface area contributed by atoms with Crippen LogP contribution in [0.25, 0.3) is 0 Å². The second-order valence-corrected chi connectivity index (χ2v) is 1.50. The summed E-state index contributed by atoms with van der Waals surface area (Å²) >= 11 is 0. The van der Waals surface area contributed by atoms with Crippen LogP contribution in [0.1, 0.15) is 6.92 Å². The van der Waals surface area contributed by atoms with E-state index in [0.717, 1.165) is 0 Å². The molecule has 0 saturated carbocycles. The monoisotopic (exact) mass is 210 g/mol. The quantitative estimate of drug-likeness (QED) is 0.406. The van der Waals surface area contributed by atoms with Crippen LogP contribution in [0.5, 0.6) is 0 Å². The molecule has 0 fully saturated rings. The number of hydrogen-bond donors (Lipinski definition) is 0. The molecule has 0 N–H and O–H groups in total. The first-order chi connectivity index (χ1) is 6.41. The van der Waals surface area contributed by atoms with E-state index in [1.807, 2.05) is 5.92 Å². The predicted molar refractivity (Wildman–Crippen MR) is 51.7 cm³/mol. The van der Waals surface area contributed by atoms with Crippen molar-refractivity contribution >= 4 is 0 Å². The number of hydrogen-bond acceptors (Lipinski definition) is 0. The first-order valence-corrected chi connectivity index (χ1v) is 3.25. The van der Waals surface area contributed by atoms with Crippen molar-refractivity contribution < 1.29 is 18.6 Å². The molecule has 0 rings (SSSR count). The van der Waals surface area contributed by atoms with Crippen molar-refractivity contribution in [1.29, 1.82) is 0 Å². The van der Waals surface area contributed by atoms with Gasteiger partial charge in [-0.25, -0.2) is 5.92 Å². The molecular weight excluding hydrogens is 207 g/mol. The first-order valence-electron chi connectivity index (χ1n) is 3.25. The van der Waals surface area contributed by atoms with Crippen molar-refractivity contribution in [3.8, 4) is 65.1 Å². The summed E-state index contributed by atoms with van der Waals surface area (Å²) in [5.41, 5.74) is 0. The molecule has 0 aromatic rings. The van der Waals surface area contributed by atoms with E-state index < -0.39 is 0 Å². The van der Waals surface area contributed by atoms with Gasteiger partial charge in [0, 0.05) is 18.6 Å². The summed E-state index contributed by atoms with van der Waals surface area (Å²) in [6, 6.07) is 0. The maximum atomic E-state index is 6.43. The minimum absolute atomic E-state index is 0. The van der Waals surface area contributed by atoms with Crippen molar-refractivity contribution in [2.24, 2.45) is 0 Å². The molecule has 61 valence electrons. The van der Waals surface area contributed by atoms with Crippen LogP contribution in [-0.4, -0.2) is 0 Å². The van der Waals surface area contributed by atoms with Crippen molar-refractivity contribution in [1.82, 2.24) is 0 Å². The van der Waals surface area contributed by atoms with Crippen molar-refractivity contribution in [2.45, 2.75) is 6.92 Å². The van der Waals surface area contributed by atoms with Gasteiger partial charge in [-0.15, -0.1) is 5.92 Å². The summed E-state index contributed by atoms with van der Waals surface area (Å²) in [6.07, 6.45) is 6.43. The molecule has 0 aliphatic heterocycles. The Kier molecular flexibility index (Phi) is 14.0. The van der Waals surface area contributed by atoms with Gasteiger partial charge in [-0.3, -0.25) is 5.92 Å². The van der Waals surface area contributed by atoms with E-state index in [1.54, 1.807) is 6.92 Å². The van der Waals surface area contributed by atoms with Gasteiger partial charge in [-0.1, -0.05) is 5.92 Å². The third-order valence-corrected chi connectivity index (χ3v) is 0.688. The van der Waals surface area contributed by atoms with Crippen LogP contribution in [0.2, 0.25) is 0 Å². The molecule has 0 aliphatic carbocycles. The Morgan fingerprint density at radius 2 is 1.00 bits per heavy atom. The van der Waals surface area contributed by atoms with E-state index >= 15 is 0 Å². The first kappa shape index (κ1) is 14.5. The van der Waals surface area contributed by atoms with Gasteiger partial charge < -0.3 is 6.42 Å². The molecule has 0 unspecified atom stereocenters. The third-order valence-electron chi connectivity index (χ3n) is 0.688. The van der Waals surface area contributed by atoms with Gasteiger partial charge in [0.2, 0.25) is 0 Å². The van der Waals surface area contributed by atoms with Crippen LogP contribution in [0, 0.1) is 71.5 Å². The predicted octanol–water partition coefficient (Wildman–Crippen LogP) is 0.611. The van der Waals surface area contributed by atoms with E-state index in [2.05, 4.69) is 59.2 Å². The summed E-state index contributed by atoms with van der Waals surface area (Å²) < 4.78 is 0. The molecule has 0 aliphatic rings. The molecule has 0 aromatic heterocycles. The summed E-state index contributed by atoms with van der Waals surface area (Å²) in [5, 5.41) is 0. The van der Waals surface area contributed by atoms with Gasteiger partial charge in [0.1, 0.15) is 0 Å². The van der Waals surface area contributed by atoms with E-state index in [0.29, 0.717) is 0 Å². The Balaban J connectivity index is 0. The summed E-state index contributed by atoms with van der Waals surface area (Å²) in [5.74, 6) is 26.4. The second-order valence-electron chi connectivity index (χ2n) is 1.50. The average molecular weight is 210 g/mol. The number of rotatable bonds is 0. The standard InChI is InChI=1S/C13H3.V/c1-3-5-7-9-11-13-12-10-8-6-4-2;/h1H3;/q-1;. The Morgan fingerprint density at radius 3 is 1.36 bits per heavy atom. The van der Waals surface area contributed by atoms with E-state index in [1.165, 1.54) is 0 Å².